The standard InChI is InChI=1S/C14H27N3/c1-12(2)17(9-7-8-15)11-13(3)10-16-14(4,5)6/h12,16H,3,7,9-11H2,1-2,4-6H3. The second-order valence-electron chi connectivity index (χ2n) is 5.83. The molecule has 0 rings (SSSR count). The van der Waals surface area contributed by atoms with E-state index < -0.39 is 0 Å². The van der Waals surface area contributed by atoms with Crippen LogP contribution in [-0.4, -0.2) is 36.1 Å². The molecule has 0 heterocycles. The lowest BCUT2D eigenvalue weighted by molar-refractivity contribution is 0.243. The number of hydrogen-bond donors (Lipinski definition) is 1. The van der Waals surface area contributed by atoms with E-state index in [0.717, 1.165) is 19.6 Å². The molecule has 0 aliphatic heterocycles. The molecule has 17 heavy (non-hydrogen) atoms. The zero-order valence-electron chi connectivity index (χ0n) is 12.0. The highest BCUT2D eigenvalue weighted by atomic mass is 15.1. The lowest BCUT2D eigenvalue weighted by atomic mass is 10.1. The molecule has 0 amide bonds. The molecule has 0 aromatic carbocycles. The third-order valence-electron chi connectivity index (χ3n) is 2.54. The monoisotopic (exact) mass is 237 g/mol. The molecule has 0 bridgehead atoms. The van der Waals surface area contributed by atoms with Crippen molar-refractivity contribution in [1.82, 2.24) is 10.2 Å². The van der Waals surface area contributed by atoms with Crippen LogP contribution in [-0.2, 0) is 0 Å². The Bertz CT molecular complexity index is 268. The van der Waals surface area contributed by atoms with Gasteiger partial charge in [0, 0.05) is 37.6 Å². The molecule has 98 valence electrons. The predicted octanol–water partition coefficient (Wildman–Crippen LogP) is 2.55. The molecule has 0 saturated carbocycles. The molecular weight excluding hydrogens is 210 g/mol. The van der Waals surface area contributed by atoms with Crippen LogP contribution >= 0.6 is 0 Å². The quantitative estimate of drug-likeness (QED) is 0.692. The fraction of sp³-hybridized carbons (Fsp3) is 0.786. The van der Waals surface area contributed by atoms with Crippen LogP contribution in [0.5, 0.6) is 0 Å². The minimum absolute atomic E-state index is 0.123. The zero-order chi connectivity index (χ0) is 13.5. The number of nitrogens with one attached hydrogen (secondary N) is 1. The minimum Gasteiger partial charge on any atom is -0.308 e. The fourth-order valence-electron chi connectivity index (χ4n) is 1.45. The first-order valence-corrected chi connectivity index (χ1v) is 6.29. The van der Waals surface area contributed by atoms with Gasteiger partial charge < -0.3 is 5.32 Å². The second kappa shape index (κ2) is 7.47. The van der Waals surface area contributed by atoms with E-state index in [2.05, 4.69) is 57.5 Å². The van der Waals surface area contributed by atoms with Gasteiger partial charge in [0.2, 0.25) is 0 Å². The van der Waals surface area contributed by atoms with Gasteiger partial charge in [-0.15, -0.1) is 0 Å². The molecule has 0 unspecified atom stereocenters. The van der Waals surface area contributed by atoms with Crippen LogP contribution in [0.1, 0.15) is 41.0 Å². The van der Waals surface area contributed by atoms with Gasteiger partial charge in [0.25, 0.3) is 0 Å². The molecular formula is C14H27N3. The maximum Gasteiger partial charge on any atom is 0.0635 e. The molecule has 0 aromatic heterocycles. The highest BCUT2D eigenvalue weighted by Gasteiger charge is 2.12. The first kappa shape index (κ1) is 16.1. The summed E-state index contributed by atoms with van der Waals surface area (Å²) in [6, 6.07) is 2.65. The lowest BCUT2D eigenvalue weighted by Gasteiger charge is -2.28. The average Bonchev–Trinajstić information content (AvgIpc) is 2.19. The van der Waals surface area contributed by atoms with Crippen molar-refractivity contribution in [2.24, 2.45) is 0 Å². The first-order chi connectivity index (χ1) is 7.76. The smallest absolute Gasteiger partial charge is 0.0635 e. The second-order valence-corrected chi connectivity index (χ2v) is 5.83. The molecule has 0 aliphatic rings. The van der Waals surface area contributed by atoms with Crippen LogP contribution in [0.4, 0.5) is 0 Å². The van der Waals surface area contributed by atoms with Crippen molar-refractivity contribution in [1.29, 1.82) is 5.26 Å². The van der Waals surface area contributed by atoms with E-state index in [-0.39, 0.29) is 5.54 Å². The van der Waals surface area contributed by atoms with Gasteiger partial charge in [0.1, 0.15) is 0 Å². The zero-order valence-corrected chi connectivity index (χ0v) is 12.0. The third-order valence-corrected chi connectivity index (χ3v) is 2.54. The van der Waals surface area contributed by atoms with Crippen molar-refractivity contribution in [2.45, 2.75) is 52.6 Å². The Kier molecular flexibility index (Phi) is 7.10. The summed E-state index contributed by atoms with van der Waals surface area (Å²) in [7, 11) is 0. The van der Waals surface area contributed by atoms with Crippen LogP contribution in [0.15, 0.2) is 12.2 Å². The molecule has 1 N–H and O–H groups in total. The SMILES string of the molecule is C=C(CNC(C)(C)C)CN(CCC#N)C(C)C. The Labute approximate surface area is 106 Å². The largest absolute Gasteiger partial charge is 0.308 e. The van der Waals surface area contributed by atoms with E-state index >= 15 is 0 Å². The summed E-state index contributed by atoms with van der Waals surface area (Å²) in [6.45, 7) is 17.4. The topological polar surface area (TPSA) is 39.1 Å². The molecule has 0 saturated heterocycles. The summed E-state index contributed by atoms with van der Waals surface area (Å²) in [5.41, 5.74) is 1.30. The van der Waals surface area contributed by atoms with E-state index in [4.69, 9.17) is 5.26 Å². The number of nitriles is 1. The highest BCUT2D eigenvalue weighted by Crippen LogP contribution is 2.05. The van der Waals surface area contributed by atoms with Gasteiger partial charge in [-0.3, -0.25) is 4.90 Å². The van der Waals surface area contributed by atoms with Gasteiger partial charge >= 0.3 is 0 Å². The number of rotatable bonds is 7. The fourth-order valence-corrected chi connectivity index (χ4v) is 1.45. The van der Waals surface area contributed by atoms with Crippen molar-refractivity contribution in [3.05, 3.63) is 12.2 Å². The molecule has 3 nitrogen and oxygen atoms in total. The van der Waals surface area contributed by atoms with Crippen LogP contribution in [0.2, 0.25) is 0 Å². The van der Waals surface area contributed by atoms with E-state index in [1.54, 1.807) is 0 Å². The average molecular weight is 237 g/mol. The predicted molar refractivity (Wildman–Crippen MR) is 73.8 cm³/mol. The third kappa shape index (κ3) is 8.91. The molecule has 0 aromatic rings. The number of nitrogens with zero attached hydrogens (tertiary/aromatic N) is 2. The van der Waals surface area contributed by atoms with E-state index in [1.807, 2.05) is 0 Å². The van der Waals surface area contributed by atoms with Crippen molar-refractivity contribution in [3.8, 4) is 6.07 Å². The summed E-state index contributed by atoms with van der Waals surface area (Å²) in [5.74, 6) is 0. The minimum atomic E-state index is 0.123. The van der Waals surface area contributed by atoms with Gasteiger partial charge in [-0.25, -0.2) is 0 Å². The maximum atomic E-state index is 8.63. The molecule has 0 fully saturated rings. The van der Waals surface area contributed by atoms with Crippen molar-refractivity contribution in [2.75, 3.05) is 19.6 Å². The van der Waals surface area contributed by atoms with Crippen LogP contribution in [0.3, 0.4) is 0 Å². The maximum absolute atomic E-state index is 8.63. The van der Waals surface area contributed by atoms with E-state index in [9.17, 15) is 0 Å². The highest BCUT2D eigenvalue weighted by molar-refractivity contribution is 5.01. The van der Waals surface area contributed by atoms with Gasteiger partial charge in [-0.1, -0.05) is 6.58 Å². The van der Waals surface area contributed by atoms with Crippen molar-refractivity contribution < 1.29 is 0 Å². The summed E-state index contributed by atoms with van der Waals surface area (Å²) in [4.78, 5) is 2.29. The van der Waals surface area contributed by atoms with Crippen LogP contribution in [0.25, 0.3) is 0 Å². The van der Waals surface area contributed by atoms with Gasteiger partial charge in [-0.05, 0) is 40.2 Å². The summed E-state index contributed by atoms with van der Waals surface area (Å²) < 4.78 is 0. The lowest BCUT2D eigenvalue weighted by Crippen LogP contribution is -2.40. The Hall–Kier alpha value is -0.850. The molecule has 0 radical (unpaired) electrons. The Balaban J connectivity index is 4.09. The molecule has 0 atom stereocenters. The van der Waals surface area contributed by atoms with Crippen LogP contribution < -0.4 is 5.32 Å². The summed E-state index contributed by atoms with van der Waals surface area (Å²) >= 11 is 0. The number of hydrogen-bond acceptors (Lipinski definition) is 3. The van der Waals surface area contributed by atoms with E-state index in [1.165, 1.54) is 5.57 Å². The first-order valence-electron chi connectivity index (χ1n) is 6.29. The van der Waals surface area contributed by atoms with Gasteiger partial charge in [0.05, 0.1) is 6.07 Å². The molecule has 0 spiro atoms. The van der Waals surface area contributed by atoms with Crippen LogP contribution in [0, 0.1) is 11.3 Å². The van der Waals surface area contributed by atoms with Crippen molar-refractivity contribution in [3.63, 3.8) is 0 Å². The summed E-state index contributed by atoms with van der Waals surface area (Å²) in [6.07, 6.45) is 0.582. The van der Waals surface area contributed by atoms with E-state index in [0.29, 0.717) is 12.5 Å². The van der Waals surface area contributed by atoms with Crippen molar-refractivity contribution >= 4 is 0 Å². The molecule has 0 aliphatic carbocycles. The Morgan fingerprint density at radius 2 is 2.00 bits per heavy atom. The normalized spacial score (nSPS) is 11.9. The summed E-state index contributed by atoms with van der Waals surface area (Å²) in [5, 5.41) is 12.1. The van der Waals surface area contributed by atoms with Gasteiger partial charge in [-0.2, -0.15) is 5.26 Å². The van der Waals surface area contributed by atoms with Gasteiger partial charge in [0.15, 0.2) is 0 Å². The molecule has 3 heteroatoms. The Morgan fingerprint density at radius 1 is 1.41 bits per heavy atom. The Morgan fingerprint density at radius 3 is 2.41 bits per heavy atom.